The highest BCUT2D eigenvalue weighted by molar-refractivity contribution is 5.95. The number of methoxy groups -OCH3 is 1. The molecule has 1 fully saturated rings. The third-order valence-electron chi connectivity index (χ3n) is 6.85. The van der Waals surface area contributed by atoms with Crippen molar-refractivity contribution >= 4 is 28.4 Å². The van der Waals surface area contributed by atoms with E-state index in [2.05, 4.69) is 15.1 Å². The van der Waals surface area contributed by atoms with E-state index < -0.39 is 0 Å². The lowest BCUT2D eigenvalue weighted by molar-refractivity contribution is 0.0673. The Kier molecular flexibility index (Phi) is 5.67. The van der Waals surface area contributed by atoms with Gasteiger partial charge in [-0.3, -0.25) is 4.79 Å². The molecular formula is C28H25FN6O2. The largest absolute Gasteiger partial charge is 0.497 e. The van der Waals surface area contributed by atoms with Gasteiger partial charge in [0.2, 0.25) is 5.95 Å². The van der Waals surface area contributed by atoms with Gasteiger partial charge in [0.1, 0.15) is 11.6 Å². The summed E-state index contributed by atoms with van der Waals surface area (Å²) in [7, 11) is 1.60. The minimum absolute atomic E-state index is 0.0252. The van der Waals surface area contributed by atoms with Crippen LogP contribution in [0.1, 0.15) is 17.3 Å². The number of aromatic nitrogens is 4. The molecule has 0 unspecified atom stereocenters. The maximum atomic E-state index is 14.8. The minimum atomic E-state index is -0.376. The van der Waals surface area contributed by atoms with Crippen LogP contribution in [0.15, 0.2) is 72.8 Å². The zero-order valence-electron chi connectivity index (χ0n) is 20.5. The number of hydrogen-bond donors (Lipinski definition) is 0. The first-order chi connectivity index (χ1) is 18.0. The van der Waals surface area contributed by atoms with E-state index >= 15 is 0 Å². The maximum absolute atomic E-state index is 14.8. The number of para-hydroxylation sites is 1. The van der Waals surface area contributed by atoms with E-state index in [0.29, 0.717) is 53.9 Å². The van der Waals surface area contributed by atoms with Crippen molar-refractivity contribution in [3.8, 4) is 17.1 Å². The number of fused-ring (bicyclic) bond motifs is 3. The summed E-state index contributed by atoms with van der Waals surface area (Å²) in [6, 6.07) is 21.3. The molecule has 8 nitrogen and oxygen atoms in total. The zero-order valence-corrected chi connectivity index (χ0v) is 20.5. The van der Waals surface area contributed by atoms with Crippen molar-refractivity contribution in [1.82, 2.24) is 24.5 Å². The lowest BCUT2D eigenvalue weighted by Crippen LogP contribution is -2.54. The van der Waals surface area contributed by atoms with E-state index in [1.807, 2.05) is 40.5 Å². The van der Waals surface area contributed by atoms with E-state index in [0.717, 1.165) is 10.9 Å². The molecule has 0 saturated carbocycles. The molecule has 1 amide bonds. The Labute approximate surface area is 212 Å². The Morgan fingerprint density at radius 1 is 0.973 bits per heavy atom. The van der Waals surface area contributed by atoms with Crippen LogP contribution in [0.25, 0.3) is 27.9 Å². The van der Waals surface area contributed by atoms with Crippen LogP contribution < -0.4 is 9.64 Å². The number of halogens is 1. The van der Waals surface area contributed by atoms with E-state index in [9.17, 15) is 9.18 Å². The highest BCUT2D eigenvalue weighted by Gasteiger charge is 2.31. The lowest BCUT2D eigenvalue weighted by atomic mass is 10.1. The number of nitrogens with zero attached hydrogens (tertiary/aromatic N) is 6. The van der Waals surface area contributed by atoms with Gasteiger partial charge in [-0.15, -0.1) is 10.2 Å². The van der Waals surface area contributed by atoms with E-state index in [-0.39, 0.29) is 17.8 Å². The van der Waals surface area contributed by atoms with Crippen LogP contribution in [-0.4, -0.2) is 63.2 Å². The molecule has 9 heteroatoms. The SMILES string of the molecule is COc1ccc(C(=O)N2CCN(c3nc4ccccc4c4nnc(-c5ccccc5F)n34)C[C@@H]2C)cc1. The molecule has 0 aliphatic carbocycles. The first kappa shape index (κ1) is 22.9. The van der Waals surface area contributed by atoms with Gasteiger partial charge in [-0.25, -0.2) is 13.8 Å². The summed E-state index contributed by atoms with van der Waals surface area (Å²) < 4.78 is 21.9. The molecule has 5 aromatic rings. The smallest absolute Gasteiger partial charge is 0.254 e. The molecular weight excluding hydrogens is 471 g/mol. The zero-order chi connectivity index (χ0) is 25.5. The van der Waals surface area contributed by atoms with Gasteiger partial charge in [0.15, 0.2) is 11.5 Å². The van der Waals surface area contributed by atoms with Crippen molar-refractivity contribution in [2.45, 2.75) is 13.0 Å². The molecule has 0 spiro atoms. The number of rotatable bonds is 4. The van der Waals surface area contributed by atoms with Crippen molar-refractivity contribution in [3.05, 3.63) is 84.2 Å². The van der Waals surface area contributed by atoms with Gasteiger partial charge in [-0.2, -0.15) is 0 Å². The van der Waals surface area contributed by atoms with Gasteiger partial charge in [-0.1, -0.05) is 24.3 Å². The van der Waals surface area contributed by atoms with Crippen molar-refractivity contribution in [3.63, 3.8) is 0 Å². The van der Waals surface area contributed by atoms with Crippen molar-refractivity contribution in [2.75, 3.05) is 31.6 Å². The van der Waals surface area contributed by atoms with Gasteiger partial charge in [-0.05, 0) is 55.5 Å². The van der Waals surface area contributed by atoms with Gasteiger partial charge in [0.05, 0.1) is 18.2 Å². The van der Waals surface area contributed by atoms with Crippen LogP contribution in [0, 0.1) is 5.82 Å². The fraction of sp³-hybridized carbons (Fsp3) is 0.214. The maximum Gasteiger partial charge on any atom is 0.254 e. The summed E-state index contributed by atoms with van der Waals surface area (Å²) in [4.78, 5) is 22.2. The molecule has 0 radical (unpaired) electrons. The molecule has 3 aromatic carbocycles. The second-order valence-electron chi connectivity index (χ2n) is 9.11. The Morgan fingerprint density at radius 2 is 1.73 bits per heavy atom. The number of anilines is 1. The predicted molar refractivity (Wildman–Crippen MR) is 139 cm³/mol. The summed E-state index contributed by atoms with van der Waals surface area (Å²) >= 11 is 0. The van der Waals surface area contributed by atoms with E-state index in [1.165, 1.54) is 6.07 Å². The Bertz CT molecular complexity index is 1620. The predicted octanol–water partition coefficient (Wildman–Crippen LogP) is 4.44. The lowest BCUT2D eigenvalue weighted by Gasteiger charge is -2.40. The normalized spacial score (nSPS) is 15.9. The number of piperazine rings is 1. The number of amides is 1. The number of carbonyl (C=O) groups excluding carboxylic acids is 1. The molecule has 0 bridgehead atoms. The number of benzene rings is 3. The van der Waals surface area contributed by atoms with Crippen LogP contribution in [0.2, 0.25) is 0 Å². The molecule has 0 N–H and O–H groups in total. The van der Waals surface area contributed by atoms with E-state index in [1.54, 1.807) is 49.6 Å². The fourth-order valence-corrected chi connectivity index (χ4v) is 4.94. The molecule has 37 heavy (non-hydrogen) atoms. The summed E-state index contributed by atoms with van der Waals surface area (Å²) in [6.07, 6.45) is 0. The van der Waals surface area contributed by atoms with Crippen molar-refractivity contribution in [1.29, 1.82) is 0 Å². The topological polar surface area (TPSA) is 75.9 Å². The van der Waals surface area contributed by atoms with Crippen LogP contribution in [-0.2, 0) is 0 Å². The Morgan fingerprint density at radius 3 is 2.49 bits per heavy atom. The van der Waals surface area contributed by atoms with E-state index in [4.69, 9.17) is 9.72 Å². The molecule has 1 aliphatic rings. The molecule has 1 aliphatic heterocycles. The summed E-state index contributed by atoms with van der Waals surface area (Å²) in [5.74, 6) is 1.33. The fourth-order valence-electron chi connectivity index (χ4n) is 4.94. The second kappa shape index (κ2) is 9.16. The third kappa shape index (κ3) is 3.92. The summed E-state index contributed by atoms with van der Waals surface area (Å²) in [5, 5.41) is 9.66. The molecule has 3 heterocycles. The molecule has 1 atom stereocenters. The second-order valence-corrected chi connectivity index (χ2v) is 9.11. The third-order valence-corrected chi connectivity index (χ3v) is 6.85. The number of carbonyl (C=O) groups is 1. The summed E-state index contributed by atoms with van der Waals surface area (Å²) in [5.41, 5.74) is 2.37. The van der Waals surface area contributed by atoms with Gasteiger partial charge >= 0.3 is 0 Å². The molecule has 1 saturated heterocycles. The first-order valence-corrected chi connectivity index (χ1v) is 12.1. The first-order valence-electron chi connectivity index (χ1n) is 12.1. The van der Waals surface area contributed by atoms with Crippen LogP contribution in [0.3, 0.4) is 0 Å². The summed E-state index contributed by atoms with van der Waals surface area (Å²) in [6.45, 7) is 3.65. The Balaban J connectivity index is 1.39. The Hall–Kier alpha value is -4.53. The number of ether oxygens (including phenoxy) is 1. The van der Waals surface area contributed by atoms with Gasteiger partial charge in [0.25, 0.3) is 5.91 Å². The van der Waals surface area contributed by atoms with Crippen LogP contribution >= 0.6 is 0 Å². The standard InChI is InChI=1S/C28H25FN6O2/c1-18-17-33(15-16-34(18)27(36)19-11-13-20(37-2)14-12-19)28-30-24-10-6-4-8-22(24)26-32-31-25(35(26)28)21-7-3-5-9-23(21)29/h3-14,18H,15-17H2,1-2H3/t18-/m0/s1. The monoisotopic (exact) mass is 496 g/mol. The highest BCUT2D eigenvalue weighted by Crippen LogP contribution is 2.30. The van der Waals surface area contributed by atoms with Crippen LogP contribution in [0.5, 0.6) is 5.75 Å². The average Bonchev–Trinajstić information content (AvgIpc) is 3.38. The van der Waals surface area contributed by atoms with Gasteiger partial charge in [0, 0.05) is 36.6 Å². The van der Waals surface area contributed by atoms with Crippen LogP contribution in [0.4, 0.5) is 10.3 Å². The minimum Gasteiger partial charge on any atom is -0.497 e. The quantitative estimate of drug-likeness (QED) is 0.366. The molecule has 2 aromatic heterocycles. The molecule has 186 valence electrons. The highest BCUT2D eigenvalue weighted by atomic mass is 19.1. The van der Waals surface area contributed by atoms with Crippen molar-refractivity contribution < 1.29 is 13.9 Å². The number of hydrogen-bond acceptors (Lipinski definition) is 6. The molecule has 6 rings (SSSR count). The average molecular weight is 497 g/mol. The van der Waals surface area contributed by atoms with Gasteiger partial charge < -0.3 is 14.5 Å². The van der Waals surface area contributed by atoms with Crippen molar-refractivity contribution in [2.24, 2.45) is 0 Å².